The topological polar surface area (TPSA) is 91.0 Å². The lowest BCUT2D eigenvalue weighted by atomic mass is 10.0. The largest absolute Gasteiger partial charge is 0.481 e. The molecule has 5 rings (SSSR count). The Balaban J connectivity index is 1.26. The van der Waals surface area contributed by atoms with Gasteiger partial charge in [0.2, 0.25) is 0 Å². The van der Waals surface area contributed by atoms with Gasteiger partial charge in [0.15, 0.2) is 11.8 Å². The number of aromatic nitrogens is 4. The fourth-order valence-corrected chi connectivity index (χ4v) is 4.07. The van der Waals surface area contributed by atoms with Gasteiger partial charge in [0.05, 0.1) is 19.3 Å². The zero-order chi connectivity index (χ0) is 24.2. The third kappa shape index (κ3) is 4.77. The van der Waals surface area contributed by atoms with Crippen LogP contribution in [-0.4, -0.2) is 37.9 Å². The van der Waals surface area contributed by atoms with Gasteiger partial charge in [-0.05, 0) is 35.4 Å². The molecule has 3 aromatic carbocycles. The van der Waals surface area contributed by atoms with Crippen LogP contribution in [0.5, 0.6) is 5.75 Å². The molecule has 5 aromatic rings. The number of amides is 1. The maximum atomic E-state index is 13.1. The van der Waals surface area contributed by atoms with Gasteiger partial charge in [0.25, 0.3) is 11.5 Å². The number of fused-ring (bicyclic) bond motifs is 2. The van der Waals surface area contributed by atoms with Crippen molar-refractivity contribution in [3.63, 3.8) is 0 Å². The minimum absolute atomic E-state index is 0.150. The molecule has 8 nitrogen and oxygen atoms in total. The van der Waals surface area contributed by atoms with Crippen LogP contribution in [0, 0.1) is 0 Å². The highest BCUT2D eigenvalue weighted by Gasteiger charge is 2.15. The van der Waals surface area contributed by atoms with Crippen molar-refractivity contribution < 1.29 is 9.53 Å². The highest BCUT2D eigenvalue weighted by atomic mass is 16.5. The number of ether oxygens (including phenoxy) is 1. The summed E-state index contributed by atoms with van der Waals surface area (Å²) in [5, 5.41) is 9.85. The molecule has 0 aliphatic rings. The molecule has 0 saturated heterocycles. The third-order valence-corrected chi connectivity index (χ3v) is 5.89. The van der Waals surface area contributed by atoms with Crippen LogP contribution in [0.1, 0.15) is 12.5 Å². The Kier molecular flexibility index (Phi) is 6.26. The Hall–Kier alpha value is -4.46. The van der Waals surface area contributed by atoms with E-state index >= 15 is 0 Å². The van der Waals surface area contributed by atoms with E-state index in [4.69, 9.17) is 4.74 Å². The predicted molar refractivity (Wildman–Crippen MR) is 134 cm³/mol. The van der Waals surface area contributed by atoms with Gasteiger partial charge in [0.1, 0.15) is 17.5 Å². The molecule has 1 atom stereocenters. The van der Waals surface area contributed by atoms with Crippen LogP contribution >= 0.6 is 0 Å². The molecule has 1 amide bonds. The van der Waals surface area contributed by atoms with Gasteiger partial charge >= 0.3 is 0 Å². The number of hydrogen-bond acceptors (Lipinski definition) is 5. The summed E-state index contributed by atoms with van der Waals surface area (Å²) in [6.07, 6.45) is 2.46. The fraction of sp³-hybridized carbons (Fsp3) is 0.185. The first kappa shape index (κ1) is 22.3. The molecule has 1 unspecified atom stereocenters. The Bertz CT molecular complexity index is 1540. The molecule has 0 radical (unpaired) electrons. The normalized spacial score (nSPS) is 12.0. The number of carbonyl (C=O) groups excluding carboxylic acids is 1. The lowest BCUT2D eigenvalue weighted by molar-refractivity contribution is -0.127. The van der Waals surface area contributed by atoms with Crippen molar-refractivity contribution in [2.24, 2.45) is 0 Å². The molecule has 0 spiro atoms. The molecular weight excluding hydrogens is 442 g/mol. The van der Waals surface area contributed by atoms with E-state index in [1.807, 2.05) is 42.5 Å². The summed E-state index contributed by atoms with van der Waals surface area (Å²) in [4.78, 5) is 30.0. The van der Waals surface area contributed by atoms with Crippen molar-refractivity contribution in [3.8, 4) is 5.75 Å². The lowest BCUT2D eigenvalue weighted by Gasteiger charge is -2.14. The first-order valence-corrected chi connectivity index (χ1v) is 11.5. The first-order valence-electron chi connectivity index (χ1n) is 11.5. The van der Waals surface area contributed by atoms with Crippen molar-refractivity contribution in [3.05, 3.63) is 101 Å². The summed E-state index contributed by atoms with van der Waals surface area (Å²) in [5.74, 6) is 0.410. The summed E-state index contributed by atoms with van der Waals surface area (Å²) in [7, 11) is 0. The van der Waals surface area contributed by atoms with Gasteiger partial charge in [-0.2, -0.15) is 5.10 Å². The molecule has 2 heterocycles. The Morgan fingerprint density at radius 2 is 1.77 bits per heavy atom. The van der Waals surface area contributed by atoms with Crippen molar-refractivity contribution in [2.45, 2.75) is 26.1 Å². The van der Waals surface area contributed by atoms with Crippen molar-refractivity contribution in [2.75, 3.05) is 6.54 Å². The molecular formula is C27H25N5O3. The third-order valence-electron chi connectivity index (χ3n) is 5.89. The van der Waals surface area contributed by atoms with Crippen LogP contribution in [0.15, 0.2) is 90.1 Å². The maximum Gasteiger partial charge on any atom is 0.264 e. The van der Waals surface area contributed by atoms with Gasteiger partial charge in [-0.3, -0.25) is 14.2 Å². The van der Waals surface area contributed by atoms with E-state index in [1.165, 1.54) is 6.20 Å². The highest BCUT2D eigenvalue weighted by molar-refractivity contribution is 5.85. The Morgan fingerprint density at radius 3 is 2.63 bits per heavy atom. The van der Waals surface area contributed by atoms with E-state index in [1.54, 1.807) is 34.6 Å². The maximum absolute atomic E-state index is 13.1. The summed E-state index contributed by atoms with van der Waals surface area (Å²) < 4.78 is 8.87. The first-order chi connectivity index (χ1) is 17.1. The van der Waals surface area contributed by atoms with Gasteiger partial charge in [-0.1, -0.05) is 60.7 Å². The van der Waals surface area contributed by atoms with Gasteiger partial charge < -0.3 is 10.1 Å². The second kappa shape index (κ2) is 9.80. The van der Waals surface area contributed by atoms with Gasteiger partial charge in [-0.15, -0.1) is 0 Å². The van der Waals surface area contributed by atoms with Gasteiger partial charge in [0, 0.05) is 6.54 Å². The SMILES string of the molecule is CC(Oc1ccccc1)C(=O)NCCn1ncc2c(=O)n(Cc3cccc4ccccc34)cnc21. The predicted octanol–water partition coefficient (Wildman–Crippen LogP) is 3.38. The van der Waals surface area contributed by atoms with Crippen LogP contribution in [-0.2, 0) is 17.9 Å². The van der Waals surface area contributed by atoms with Crippen LogP contribution in [0.25, 0.3) is 21.8 Å². The van der Waals surface area contributed by atoms with E-state index in [2.05, 4.69) is 33.6 Å². The number of rotatable bonds is 8. The molecule has 8 heteroatoms. The number of hydrogen-bond donors (Lipinski definition) is 1. The van der Waals surface area contributed by atoms with E-state index in [-0.39, 0.29) is 11.5 Å². The van der Waals surface area contributed by atoms with Crippen LogP contribution in [0.4, 0.5) is 0 Å². The smallest absolute Gasteiger partial charge is 0.264 e. The number of nitrogens with zero attached hydrogens (tertiary/aromatic N) is 4. The summed E-state index contributed by atoms with van der Waals surface area (Å²) in [6, 6.07) is 23.4. The van der Waals surface area contributed by atoms with E-state index in [0.717, 1.165) is 16.3 Å². The summed E-state index contributed by atoms with van der Waals surface area (Å²) in [5.41, 5.74) is 1.39. The van der Waals surface area contributed by atoms with Crippen molar-refractivity contribution in [1.82, 2.24) is 24.6 Å². The molecule has 2 aromatic heterocycles. The number of carbonyl (C=O) groups is 1. The fourth-order valence-electron chi connectivity index (χ4n) is 4.07. The summed E-state index contributed by atoms with van der Waals surface area (Å²) in [6.45, 7) is 2.83. The zero-order valence-electron chi connectivity index (χ0n) is 19.3. The molecule has 0 bridgehead atoms. The molecule has 0 fully saturated rings. The monoisotopic (exact) mass is 467 g/mol. The van der Waals surface area contributed by atoms with E-state index < -0.39 is 6.10 Å². The second-order valence-corrected chi connectivity index (χ2v) is 8.29. The molecule has 176 valence electrons. The zero-order valence-corrected chi connectivity index (χ0v) is 19.3. The van der Waals surface area contributed by atoms with Crippen molar-refractivity contribution in [1.29, 1.82) is 0 Å². The minimum Gasteiger partial charge on any atom is -0.481 e. The van der Waals surface area contributed by atoms with Gasteiger partial charge in [-0.25, -0.2) is 9.67 Å². The quantitative estimate of drug-likeness (QED) is 0.378. The second-order valence-electron chi connectivity index (χ2n) is 8.29. The number of benzene rings is 3. The molecule has 0 aliphatic heterocycles. The average molecular weight is 468 g/mol. The highest BCUT2D eigenvalue weighted by Crippen LogP contribution is 2.19. The van der Waals surface area contributed by atoms with E-state index in [0.29, 0.717) is 36.4 Å². The van der Waals surface area contributed by atoms with E-state index in [9.17, 15) is 9.59 Å². The Morgan fingerprint density at radius 1 is 1.00 bits per heavy atom. The Labute approximate surface area is 201 Å². The minimum atomic E-state index is -0.633. The van der Waals surface area contributed by atoms with Crippen LogP contribution in [0.2, 0.25) is 0 Å². The average Bonchev–Trinajstić information content (AvgIpc) is 3.30. The van der Waals surface area contributed by atoms with Crippen LogP contribution in [0.3, 0.4) is 0 Å². The molecule has 0 saturated carbocycles. The molecule has 35 heavy (non-hydrogen) atoms. The molecule has 0 aliphatic carbocycles. The van der Waals surface area contributed by atoms with Crippen molar-refractivity contribution >= 4 is 27.7 Å². The van der Waals surface area contributed by atoms with Crippen LogP contribution < -0.4 is 15.6 Å². The summed E-state index contributed by atoms with van der Waals surface area (Å²) >= 11 is 0. The molecule has 1 N–H and O–H groups in total. The standard InChI is InChI=1S/C27H25N5O3/c1-19(35-22-11-3-2-4-12-22)26(33)28-14-15-32-25-24(16-30-32)27(34)31(18-29-25)17-21-10-7-9-20-8-5-6-13-23(20)21/h2-13,16,18-19H,14-15,17H2,1H3,(H,28,33). The lowest BCUT2D eigenvalue weighted by Crippen LogP contribution is -2.38. The number of nitrogens with one attached hydrogen (secondary N) is 1. The number of para-hydroxylation sites is 1.